The molecule has 2 heterocycles. The summed E-state index contributed by atoms with van der Waals surface area (Å²) in [5.74, 6) is 1.39. The highest BCUT2D eigenvalue weighted by atomic mass is 32.2. The number of rotatable bonds is 9. The van der Waals surface area contributed by atoms with E-state index >= 15 is 0 Å². The van der Waals surface area contributed by atoms with Gasteiger partial charge in [-0.25, -0.2) is 4.98 Å². The van der Waals surface area contributed by atoms with Crippen LogP contribution in [0.4, 0.5) is 0 Å². The third kappa shape index (κ3) is 6.49. The summed E-state index contributed by atoms with van der Waals surface area (Å²) in [6.45, 7) is 2.98. The summed E-state index contributed by atoms with van der Waals surface area (Å²) in [7, 11) is -1.41. The lowest BCUT2D eigenvalue weighted by atomic mass is 10.0. The number of benzene rings is 3. The lowest BCUT2D eigenvalue weighted by molar-refractivity contribution is 0.289. The van der Waals surface area contributed by atoms with Crippen LogP contribution >= 0.6 is 11.8 Å². The van der Waals surface area contributed by atoms with E-state index in [2.05, 4.69) is 65.0 Å². The highest BCUT2D eigenvalue weighted by molar-refractivity contribution is 7.99. The van der Waals surface area contributed by atoms with Gasteiger partial charge in [0.05, 0.1) is 17.6 Å². The van der Waals surface area contributed by atoms with Gasteiger partial charge in [0, 0.05) is 37.0 Å². The van der Waals surface area contributed by atoms with Crippen LogP contribution < -0.4 is 4.18 Å². The standard InChI is InChI=1S/C30H33N3O3S2/c1-32-29(25-12-7-4-8-13-25)28(24-10-5-3-6-11-24)31-30(32)37-21-9-18-33-19-16-23-14-15-27(36-38(2,34)35)22-26(23)17-20-33/h3-8,10-15,22H,9,16-21H2,1-2H3. The number of hydrogen-bond donors (Lipinski definition) is 0. The topological polar surface area (TPSA) is 64.4 Å². The summed E-state index contributed by atoms with van der Waals surface area (Å²) in [6, 6.07) is 26.5. The minimum absolute atomic E-state index is 0.399. The van der Waals surface area contributed by atoms with Gasteiger partial charge >= 0.3 is 10.1 Å². The molecule has 0 saturated heterocycles. The molecule has 1 aromatic heterocycles. The van der Waals surface area contributed by atoms with Crippen molar-refractivity contribution >= 4 is 21.9 Å². The summed E-state index contributed by atoms with van der Waals surface area (Å²) < 4.78 is 30.3. The van der Waals surface area contributed by atoms with Crippen LogP contribution in [0.1, 0.15) is 17.5 Å². The first-order chi connectivity index (χ1) is 18.4. The highest BCUT2D eigenvalue weighted by Crippen LogP contribution is 2.35. The van der Waals surface area contributed by atoms with Crippen molar-refractivity contribution < 1.29 is 12.6 Å². The Bertz CT molecular complexity index is 1490. The van der Waals surface area contributed by atoms with E-state index in [1.54, 1.807) is 6.07 Å². The van der Waals surface area contributed by atoms with E-state index in [1.807, 2.05) is 36.0 Å². The van der Waals surface area contributed by atoms with Gasteiger partial charge in [0.15, 0.2) is 5.16 Å². The normalized spacial score (nSPS) is 14.2. The van der Waals surface area contributed by atoms with Crippen LogP contribution in [0.3, 0.4) is 0 Å². The molecular formula is C30H33N3O3S2. The van der Waals surface area contributed by atoms with Crippen LogP contribution in [0.5, 0.6) is 5.75 Å². The fraction of sp³-hybridized carbons (Fsp3) is 0.300. The smallest absolute Gasteiger partial charge is 0.306 e. The Morgan fingerprint density at radius 2 is 1.55 bits per heavy atom. The van der Waals surface area contributed by atoms with Crippen LogP contribution in [0.25, 0.3) is 22.5 Å². The number of hydrogen-bond acceptors (Lipinski definition) is 6. The molecule has 0 aliphatic carbocycles. The Labute approximate surface area is 229 Å². The van der Waals surface area contributed by atoms with Gasteiger partial charge in [0.2, 0.25) is 0 Å². The molecular weight excluding hydrogens is 514 g/mol. The van der Waals surface area contributed by atoms with E-state index in [-0.39, 0.29) is 0 Å². The quantitative estimate of drug-likeness (QED) is 0.153. The van der Waals surface area contributed by atoms with Crippen molar-refractivity contribution in [3.8, 4) is 28.3 Å². The molecule has 0 fully saturated rings. The molecule has 3 aromatic carbocycles. The largest absolute Gasteiger partial charge is 0.383 e. The highest BCUT2D eigenvalue weighted by Gasteiger charge is 2.19. The summed E-state index contributed by atoms with van der Waals surface area (Å²) in [6.07, 6.45) is 4.00. The Balaban J connectivity index is 1.21. The Morgan fingerprint density at radius 3 is 2.24 bits per heavy atom. The Hall–Kier alpha value is -3.07. The van der Waals surface area contributed by atoms with E-state index in [0.717, 1.165) is 73.0 Å². The second kappa shape index (κ2) is 11.8. The van der Waals surface area contributed by atoms with Crippen molar-refractivity contribution in [2.24, 2.45) is 7.05 Å². The van der Waals surface area contributed by atoms with E-state index in [9.17, 15) is 8.42 Å². The lowest BCUT2D eigenvalue weighted by Crippen LogP contribution is -2.27. The summed E-state index contributed by atoms with van der Waals surface area (Å²) in [4.78, 5) is 7.57. The molecule has 5 rings (SSSR count). The zero-order chi connectivity index (χ0) is 26.5. The summed E-state index contributed by atoms with van der Waals surface area (Å²) >= 11 is 1.81. The van der Waals surface area contributed by atoms with Crippen molar-refractivity contribution in [3.63, 3.8) is 0 Å². The molecule has 1 aliphatic rings. The predicted molar refractivity (Wildman–Crippen MR) is 155 cm³/mol. The second-order valence-electron chi connectivity index (χ2n) is 9.64. The van der Waals surface area contributed by atoms with Gasteiger partial charge in [-0.15, -0.1) is 0 Å². The molecule has 0 unspecified atom stereocenters. The zero-order valence-corrected chi connectivity index (χ0v) is 23.5. The molecule has 1 aliphatic heterocycles. The molecule has 0 amide bonds. The van der Waals surface area contributed by atoms with E-state index in [4.69, 9.17) is 9.17 Å². The van der Waals surface area contributed by atoms with Crippen molar-refractivity contribution in [1.29, 1.82) is 0 Å². The summed E-state index contributed by atoms with van der Waals surface area (Å²) in [5.41, 5.74) is 6.91. The molecule has 0 radical (unpaired) electrons. The fourth-order valence-electron chi connectivity index (χ4n) is 4.98. The third-order valence-electron chi connectivity index (χ3n) is 6.82. The molecule has 198 valence electrons. The SMILES string of the molecule is Cn1c(SCCCN2CCc3ccc(OS(C)(=O)=O)cc3CC2)nc(-c2ccccc2)c1-c1ccccc1. The minimum Gasteiger partial charge on any atom is -0.383 e. The van der Waals surface area contributed by atoms with Crippen LogP contribution in [0, 0.1) is 0 Å². The molecule has 0 saturated carbocycles. The van der Waals surface area contributed by atoms with Crippen LogP contribution in [0.15, 0.2) is 84.0 Å². The van der Waals surface area contributed by atoms with Crippen LogP contribution in [-0.2, 0) is 30.0 Å². The first kappa shape index (κ1) is 26.5. The summed E-state index contributed by atoms with van der Waals surface area (Å²) in [5, 5.41) is 1.03. The number of fused-ring (bicyclic) bond motifs is 1. The number of imidazole rings is 1. The maximum Gasteiger partial charge on any atom is 0.306 e. The lowest BCUT2D eigenvalue weighted by Gasteiger charge is -2.19. The zero-order valence-electron chi connectivity index (χ0n) is 21.8. The van der Waals surface area contributed by atoms with Gasteiger partial charge in [-0.3, -0.25) is 0 Å². The van der Waals surface area contributed by atoms with Gasteiger partial charge in [0.25, 0.3) is 0 Å². The van der Waals surface area contributed by atoms with Crippen molar-refractivity contribution in [3.05, 3.63) is 90.0 Å². The Morgan fingerprint density at radius 1 is 0.895 bits per heavy atom. The van der Waals surface area contributed by atoms with E-state index in [1.165, 1.54) is 16.7 Å². The van der Waals surface area contributed by atoms with Gasteiger partial charge in [-0.1, -0.05) is 78.5 Å². The maximum absolute atomic E-state index is 11.5. The molecule has 0 spiro atoms. The maximum atomic E-state index is 11.5. The van der Waals surface area contributed by atoms with Crippen molar-refractivity contribution in [2.75, 3.05) is 31.6 Å². The second-order valence-corrected chi connectivity index (χ2v) is 12.3. The monoisotopic (exact) mass is 547 g/mol. The van der Waals surface area contributed by atoms with E-state index < -0.39 is 10.1 Å². The first-order valence-corrected chi connectivity index (χ1v) is 15.7. The average Bonchev–Trinajstić information content (AvgIpc) is 3.10. The van der Waals surface area contributed by atoms with Gasteiger partial charge in [-0.05, 0) is 49.1 Å². The van der Waals surface area contributed by atoms with Gasteiger partial charge in [0.1, 0.15) is 5.75 Å². The number of nitrogens with zero attached hydrogens (tertiary/aromatic N) is 3. The molecule has 8 heteroatoms. The van der Waals surface area contributed by atoms with Crippen LogP contribution in [-0.4, -0.2) is 54.5 Å². The molecule has 0 N–H and O–H groups in total. The third-order valence-corrected chi connectivity index (χ3v) is 8.43. The fourth-order valence-corrected chi connectivity index (χ4v) is 6.33. The van der Waals surface area contributed by atoms with Gasteiger partial charge in [-0.2, -0.15) is 8.42 Å². The molecule has 4 aromatic rings. The minimum atomic E-state index is -3.52. The van der Waals surface area contributed by atoms with Crippen molar-refractivity contribution in [2.45, 2.75) is 24.4 Å². The average molecular weight is 548 g/mol. The van der Waals surface area contributed by atoms with Crippen LogP contribution in [0.2, 0.25) is 0 Å². The number of aromatic nitrogens is 2. The van der Waals surface area contributed by atoms with Crippen molar-refractivity contribution in [1.82, 2.24) is 14.5 Å². The molecule has 0 atom stereocenters. The molecule has 6 nitrogen and oxygen atoms in total. The Kier molecular flexibility index (Phi) is 8.21. The number of thioether (sulfide) groups is 1. The molecule has 38 heavy (non-hydrogen) atoms. The van der Waals surface area contributed by atoms with E-state index in [0.29, 0.717) is 5.75 Å². The molecule has 0 bridgehead atoms. The predicted octanol–water partition coefficient (Wildman–Crippen LogP) is 5.68. The first-order valence-electron chi connectivity index (χ1n) is 12.9. The van der Waals surface area contributed by atoms with Gasteiger partial charge < -0.3 is 13.7 Å².